The Balaban J connectivity index is 3.61. The molecule has 0 aromatic carbocycles. The first kappa shape index (κ1) is 26.4. The van der Waals surface area contributed by atoms with E-state index >= 15 is 0 Å². The fourth-order valence-electron chi connectivity index (χ4n) is 3.18. The summed E-state index contributed by atoms with van der Waals surface area (Å²) in [5.74, 6) is -2.14. The summed E-state index contributed by atoms with van der Waals surface area (Å²) in [5, 5.41) is 19.9. The van der Waals surface area contributed by atoms with Crippen LogP contribution in [0.4, 0.5) is 0 Å². The smallest absolute Gasteiger partial charge is 0.303 e. The van der Waals surface area contributed by atoms with Crippen LogP contribution in [0.5, 0.6) is 0 Å². The number of carboxylic acid groups (broad SMARTS) is 1. The van der Waals surface area contributed by atoms with Crippen LogP contribution in [0, 0.1) is 0 Å². The SMILES string of the molecule is CCCCCCCCCCCCCCCC(=O)NC(CCC(=O)O)C(=O)NO. The lowest BCUT2D eigenvalue weighted by molar-refractivity contribution is -0.139. The first-order valence-electron chi connectivity index (χ1n) is 11.0. The first-order chi connectivity index (χ1) is 13.5. The molecule has 0 bridgehead atoms. The van der Waals surface area contributed by atoms with Crippen molar-refractivity contribution >= 4 is 17.8 Å². The van der Waals surface area contributed by atoms with Crippen molar-refractivity contribution in [1.29, 1.82) is 0 Å². The molecule has 0 saturated heterocycles. The van der Waals surface area contributed by atoms with Crippen LogP contribution in [0.1, 0.15) is 110 Å². The quantitative estimate of drug-likeness (QED) is 0.146. The Labute approximate surface area is 169 Å². The van der Waals surface area contributed by atoms with Crippen molar-refractivity contribution < 1.29 is 24.7 Å². The summed E-state index contributed by atoms with van der Waals surface area (Å²) in [4.78, 5) is 34.0. The number of carboxylic acids is 1. The maximum absolute atomic E-state index is 11.9. The van der Waals surface area contributed by atoms with Crippen molar-refractivity contribution in [3.8, 4) is 0 Å². The van der Waals surface area contributed by atoms with Crippen LogP contribution in [0.25, 0.3) is 0 Å². The number of amides is 2. The van der Waals surface area contributed by atoms with Gasteiger partial charge in [0.2, 0.25) is 5.91 Å². The number of carbonyl (C=O) groups excluding carboxylic acids is 2. The molecule has 1 atom stereocenters. The molecule has 0 aromatic rings. The van der Waals surface area contributed by atoms with E-state index in [-0.39, 0.29) is 18.7 Å². The summed E-state index contributed by atoms with van der Waals surface area (Å²) in [5.41, 5.74) is 1.46. The first-order valence-corrected chi connectivity index (χ1v) is 11.0. The van der Waals surface area contributed by atoms with Crippen molar-refractivity contribution in [2.75, 3.05) is 0 Å². The molecule has 1 unspecified atom stereocenters. The maximum Gasteiger partial charge on any atom is 0.303 e. The summed E-state index contributed by atoms with van der Waals surface area (Å²) >= 11 is 0. The maximum atomic E-state index is 11.9. The van der Waals surface area contributed by atoms with E-state index in [1.54, 1.807) is 0 Å². The highest BCUT2D eigenvalue weighted by molar-refractivity contribution is 5.87. The number of unbranched alkanes of at least 4 members (excludes halogenated alkanes) is 12. The molecule has 0 aliphatic heterocycles. The predicted octanol–water partition coefficient (Wildman–Crippen LogP) is 4.32. The largest absolute Gasteiger partial charge is 0.481 e. The third-order valence-electron chi connectivity index (χ3n) is 4.92. The minimum Gasteiger partial charge on any atom is -0.481 e. The monoisotopic (exact) mass is 400 g/mol. The fourth-order valence-corrected chi connectivity index (χ4v) is 3.18. The number of hydroxylamine groups is 1. The van der Waals surface area contributed by atoms with Crippen molar-refractivity contribution in [3.63, 3.8) is 0 Å². The number of aliphatic carboxylic acids is 1. The van der Waals surface area contributed by atoms with Crippen molar-refractivity contribution in [2.24, 2.45) is 0 Å². The average molecular weight is 401 g/mol. The van der Waals surface area contributed by atoms with Gasteiger partial charge >= 0.3 is 5.97 Å². The summed E-state index contributed by atoms with van der Waals surface area (Å²) in [6, 6.07) is -1.02. The number of rotatable bonds is 19. The molecule has 0 saturated carbocycles. The molecule has 2 amide bonds. The van der Waals surface area contributed by atoms with Crippen LogP contribution in [0.2, 0.25) is 0 Å². The van der Waals surface area contributed by atoms with Gasteiger partial charge < -0.3 is 10.4 Å². The van der Waals surface area contributed by atoms with Crippen LogP contribution < -0.4 is 10.8 Å². The molecule has 0 rings (SSSR count). The second-order valence-electron chi connectivity index (χ2n) is 7.52. The van der Waals surface area contributed by atoms with Gasteiger partial charge in [0.25, 0.3) is 5.91 Å². The Morgan fingerprint density at radius 2 is 1.21 bits per heavy atom. The second-order valence-corrected chi connectivity index (χ2v) is 7.52. The van der Waals surface area contributed by atoms with E-state index in [1.807, 2.05) is 0 Å². The van der Waals surface area contributed by atoms with Gasteiger partial charge in [0.05, 0.1) is 0 Å². The van der Waals surface area contributed by atoms with Crippen LogP contribution in [-0.4, -0.2) is 34.1 Å². The Hall–Kier alpha value is -1.63. The van der Waals surface area contributed by atoms with Gasteiger partial charge in [-0.05, 0) is 12.8 Å². The molecule has 0 radical (unpaired) electrons. The zero-order chi connectivity index (χ0) is 21.0. The highest BCUT2D eigenvalue weighted by atomic mass is 16.5. The third-order valence-corrected chi connectivity index (χ3v) is 4.92. The molecular formula is C21H40N2O5. The number of nitrogens with one attached hydrogen (secondary N) is 2. The zero-order valence-corrected chi connectivity index (χ0v) is 17.5. The molecule has 7 heteroatoms. The van der Waals surface area contributed by atoms with Gasteiger partial charge in [-0.25, -0.2) is 5.48 Å². The summed E-state index contributed by atoms with van der Waals surface area (Å²) in [6.45, 7) is 2.24. The van der Waals surface area contributed by atoms with E-state index < -0.39 is 17.9 Å². The highest BCUT2D eigenvalue weighted by Crippen LogP contribution is 2.13. The summed E-state index contributed by atoms with van der Waals surface area (Å²) in [6.07, 6.45) is 15.9. The van der Waals surface area contributed by atoms with E-state index in [2.05, 4.69) is 12.2 Å². The van der Waals surface area contributed by atoms with Gasteiger partial charge in [0.1, 0.15) is 6.04 Å². The van der Waals surface area contributed by atoms with E-state index in [1.165, 1.54) is 69.7 Å². The fraction of sp³-hybridized carbons (Fsp3) is 0.857. The number of carbonyl (C=O) groups is 3. The molecule has 0 aliphatic carbocycles. The van der Waals surface area contributed by atoms with E-state index in [9.17, 15) is 14.4 Å². The lowest BCUT2D eigenvalue weighted by Gasteiger charge is -2.15. The Kier molecular flexibility index (Phi) is 17.6. The standard InChI is InChI=1S/C21H40N2O5/c1-2-3-4-5-6-7-8-9-10-11-12-13-14-15-19(24)22-18(21(27)23-28)16-17-20(25)26/h18,28H,2-17H2,1H3,(H,22,24)(H,23,27)(H,25,26). The Bertz CT molecular complexity index is 429. The lowest BCUT2D eigenvalue weighted by atomic mass is 10.0. The van der Waals surface area contributed by atoms with Crippen LogP contribution in [0.15, 0.2) is 0 Å². The topological polar surface area (TPSA) is 116 Å². The molecule has 7 nitrogen and oxygen atoms in total. The van der Waals surface area contributed by atoms with Gasteiger partial charge in [-0.2, -0.15) is 0 Å². The van der Waals surface area contributed by atoms with Crippen LogP contribution >= 0.6 is 0 Å². The molecule has 4 N–H and O–H groups in total. The Morgan fingerprint density at radius 3 is 1.64 bits per heavy atom. The molecule has 28 heavy (non-hydrogen) atoms. The second kappa shape index (κ2) is 18.7. The van der Waals surface area contributed by atoms with Gasteiger partial charge in [-0.15, -0.1) is 0 Å². The average Bonchev–Trinajstić information content (AvgIpc) is 2.67. The molecule has 0 spiro atoms. The third kappa shape index (κ3) is 16.5. The van der Waals surface area contributed by atoms with E-state index in [0.717, 1.165) is 19.3 Å². The van der Waals surface area contributed by atoms with Crippen LogP contribution in [-0.2, 0) is 14.4 Å². The molecule has 0 aliphatic rings. The minimum absolute atomic E-state index is 0.0495. The highest BCUT2D eigenvalue weighted by Gasteiger charge is 2.21. The van der Waals surface area contributed by atoms with Crippen molar-refractivity contribution in [2.45, 2.75) is 116 Å². The summed E-state index contributed by atoms with van der Waals surface area (Å²) in [7, 11) is 0. The minimum atomic E-state index is -1.05. The van der Waals surface area contributed by atoms with Crippen LogP contribution in [0.3, 0.4) is 0 Å². The normalized spacial score (nSPS) is 11.8. The number of hydrogen-bond acceptors (Lipinski definition) is 4. The van der Waals surface area contributed by atoms with Gasteiger partial charge in [0.15, 0.2) is 0 Å². The van der Waals surface area contributed by atoms with E-state index in [4.69, 9.17) is 10.3 Å². The molecule has 0 heterocycles. The van der Waals surface area contributed by atoms with Gasteiger partial charge in [-0.1, -0.05) is 84.0 Å². The lowest BCUT2D eigenvalue weighted by Crippen LogP contribution is -2.46. The predicted molar refractivity (Wildman–Crippen MR) is 109 cm³/mol. The van der Waals surface area contributed by atoms with Gasteiger partial charge in [0, 0.05) is 12.8 Å². The molecule has 0 fully saturated rings. The van der Waals surface area contributed by atoms with Crippen molar-refractivity contribution in [1.82, 2.24) is 10.8 Å². The molecular weight excluding hydrogens is 360 g/mol. The van der Waals surface area contributed by atoms with Crippen molar-refractivity contribution in [3.05, 3.63) is 0 Å². The Morgan fingerprint density at radius 1 is 0.750 bits per heavy atom. The molecule has 164 valence electrons. The van der Waals surface area contributed by atoms with E-state index in [0.29, 0.717) is 6.42 Å². The molecule has 0 aromatic heterocycles. The number of hydrogen-bond donors (Lipinski definition) is 4. The summed E-state index contributed by atoms with van der Waals surface area (Å²) < 4.78 is 0. The zero-order valence-electron chi connectivity index (χ0n) is 17.5. The van der Waals surface area contributed by atoms with Gasteiger partial charge in [-0.3, -0.25) is 19.6 Å².